The number of nitrogens with zero attached hydrogens (tertiary/aromatic N) is 4. The summed E-state index contributed by atoms with van der Waals surface area (Å²) < 4.78 is 1.74. The third-order valence-electron chi connectivity index (χ3n) is 3.05. The van der Waals surface area contributed by atoms with Crippen LogP contribution in [0.4, 0.5) is 0 Å². The van der Waals surface area contributed by atoms with Crippen LogP contribution in [0.25, 0.3) is 11.0 Å². The number of amides is 1. The number of hydrogen-bond acceptors (Lipinski definition) is 5. The molecule has 108 valence electrons. The summed E-state index contributed by atoms with van der Waals surface area (Å²) in [5.41, 5.74) is 2.76. The zero-order valence-corrected chi connectivity index (χ0v) is 12.8. The summed E-state index contributed by atoms with van der Waals surface area (Å²) in [5, 5.41) is 8.06. The molecule has 0 saturated heterocycles. The third-order valence-corrected chi connectivity index (χ3v) is 4.24. The largest absolute Gasteiger partial charge is 0.347 e. The van der Waals surface area contributed by atoms with Gasteiger partial charge in [-0.05, 0) is 6.92 Å². The van der Waals surface area contributed by atoms with Gasteiger partial charge in [-0.2, -0.15) is 5.10 Å². The number of pyridine rings is 1. The molecule has 3 aromatic heterocycles. The minimum atomic E-state index is -0.257. The topological polar surface area (TPSA) is 72.7 Å². The molecule has 0 bridgehead atoms. The maximum atomic E-state index is 12.2. The van der Waals surface area contributed by atoms with Gasteiger partial charge < -0.3 is 5.32 Å². The summed E-state index contributed by atoms with van der Waals surface area (Å²) in [6, 6.07) is 0. The Kier molecular flexibility index (Phi) is 3.85. The fourth-order valence-corrected chi connectivity index (χ4v) is 2.78. The van der Waals surface area contributed by atoms with E-state index in [4.69, 9.17) is 11.6 Å². The first-order chi connectivity index (χ1) is 10.2. The second-order valence-electron chi connectivity index (χ2n) is 4.33. The van der Waals surface area contributed by atoms with Crippen molar-refractivity contribution < 1.29 is 4.79 Å². The highest BCUT2D eigenvalue weighted by atomic mass is 35.5. The summed E-state index contributed by atoms with van der Waals surface area (Å²) in [7, 11) is 0. The van der Waals surface area contributed by atoms with Gasteiger partial charge in [-0.25, -0.2) is 9.67 Å². The number of nitrogens with one attached hydrogen (secondary N) is 1. The van der Waals surface area contributed by atoms with Gasteiger partial charge in [0, 0.05) is 23.8 Å². The van der Waals surface area contributed by atoms with Crippen LogP contribution in [-0.4, -0.2) is 25.7 Å². The summed E-state index contributed by atoms with van der Waals surface area (Å²) in [6.45, 7) is 3.09. The second-order valence-corrected chi connectivity index (χ2v) is 5.68. The molecule has 0 saturated carbocycles. The molecule has 3 aromatic rings. The molecule has 3 rings (SSSR count). The average molecular weight is 322 g/mol. The van der Waals surface area contributed by atoms with E-state index < -0.39 is 0 Å². The predicted octanol–water partition coefficient (Wildman–Crippen LogP) is 2.49. The molecule has 0 atom stereocenters. The first kappa shape index (κ1) is 14.0. The van der Waals surface area contributed by atoms with Gasteiger partial charge in [0.1, 0.15) is 0 Å². The van der Waals surface area contributed by atoms with Crippen molar-refractivity contribution >= 4 is 39.9 Å². The number of rotatable bonds is 4. The summed E-state index contributed by atoms with van der Waals surface area (Å²) in [4.78, 5) is 21.4. The number of carbonyl (C=O) groups excluding carboxylic acids is 1. The lowest BCUT2D eigenvalue weighted by Crippen LogP contribution is -2.23. The average Bonchev–Trinajstić information content (AvgIpc) is 3.14. The maximum absolute atomic E-state index is 12.2. The lowest BCUT2D eigenvalue weighted by Gasteiger charge is -2.06. The highest BCUT2D eigenvalue weighted by Crippen LogP contribution is 2.25. The highest BCUT2D eigenvalue weighted by Gasteiger charge is 2.16. The fourth-order valence-electron chi connectivity index (χ4n) is 1.98. The minimum absolute atomic E-state index is 0.257. The first-order valence-corrected chi connectivity index (χ1v) is 7.62. The van der Waals surface area contributed by atoms with E-state index in [0.717, 1.165) is 4.88 Å². The fraction of sp³-hybridized carbons (Fsp3) is 0.231. The molecule has 6 nitrogen and oxygen atoms in total. The Hall–Kier alpha value is -1.99. The lowest BCUT2D eigenvalue weighted by atomic mass is 10.2. The Balaban J connectivity index is 1.86. The van der Waals surface area contributed by atoms with E-state index in [-0.39, 0.29) is 5.91 Å². The van der Waals surface area contributed by atoms with E-state index in [2.05, 4.69) is 20.4 Å². The van der Waals surface area contributed by atoms with Gasteiger partial charge in [-0.1, -0.05) is 11.6 Å². The van der Waals surface area contributed by atoms with Gasteiger partial charge in [0.2, 0.25) is 0 Å². The molecular weight excluding hydrogens is 310 g/mol. The number of halogens is 1. The van der Waals surface area contributed by atoms with Crippen molar-refractivity contribution in [2.45, 2.75) is 20.0 Å². The van der Waals surface area contributed by atoms with Crippen LogP contribution in [0, 0.1) is 0 Å². The number of thiazole rings is 1. The molecular formula is C13H12ClN5OS. The number of hydrogen-bond donors (Lipinski definition) is 1. The molecule has 0 spiro atoms. The number of fused-ring (bicyclic) bond motifs is 1. The molecule has 0 aliphatic rings. The van der Waals surface area contributed by atoms with Crippen molar-refractivity contribution in [3.63, 3.8) is 0 Å². The van der Waals surface area contributed by atoms with Crippen LogP contribution in [0.3, 0.4) is 0 Å². The number of aryl methyl sites for hydroxylation is 1. The van der Waals surface area contributed by atoms with Gasteiger partial charge in [-0.15, -0.1) is 11.3 Å². The van der Waals surface area contributed by atoms with Crippen LogP contribution < -0.4 is 5.32 Å². The third kappa shape index (κ3) is 2.62. The Morgan fingerprint density at radius 1 is 1.43 bits per heavy atom. The Morgan fingerprint density at radius 3 is 3.00 bits per heavy atom. The molecule has 0 aromatic carbocycles. The monoisotopic (exact) mass is 321 g/mol. The van der Waals surface area contributed by atoms with Crippen LogP contribution in [0.2, 0.25) is 5.02 Å². The van der Waals surface area contributed by atoms with Gasteiger partial charge >= 0.3 is 0 Å². The van der Waals surface area contributed by atoms with Gasteiger partial charge in [-0.3, -0.25) is 9.78 Å². The molecule has 0 aliphatic carbocycles. The normalized spacial score (nSPS) is 11.0. The van der Waals surface area contributed by atoms with E-state index in [1.165, 1.54) is 17.5 Å². The van der Waals surface area contributed by atoms with E-state index in [0.29, 0.717) is 34.7 Å². The van der Waals surface area contributed by atoms with E-state index in [9.17, 15) is 4.79 Å². The molecule has 0 unspecified atom stereocenters. The van der Waals surface area contributed by atoms with Crippen molar-refractivity contribution in [2.75, 3.05) is 0 Å². The van der Waals surface area contributed by atoms with Crippen LogP contribution in [-0.2, 0) is 13.1 Å². The standard InChI is InChI=1S/C13H12ClN5OS/c1-2-19-12-9(6-18-19)11(14)10(5-16-12)13(20)17-4-8-3-15-7-21-8/h3,5-7H,2,4H2,1H3,(H,17,20). The van der Waals surface area contributed by atoms with Gasteiger partial charge in [0.05, 0.1) is 34.2 Å². The molecule has 0 fully saturated rings. The van der Waals surface area contributed by atoms with Crippen LogP contribution in [0.15, 0.2) is 24.1 Å². The predicted molar refractivity (Wildman–Crippen MR) is 81.5 cm³/mol. The maximum Gasteiger partial charge on any atom is 0.254 e. The molecule has 21 heavy (non-hydrogen) atoms. The SMILES string of the molecule is CCn1ncc2c(Cl)c(C(=O)NCc3cncs3)cnc21. The zero-order chi connectivity index (χ0) is 14.8. The van der Waals surface area contributed by atoms with Crippen molar-refractivity contribution in [1.82, 2.24) is 25.1 Å². The Bertz CT molecular complexity index is 783. The minimum Gasteiger partial charge on any atom is -0.347 e. The molecule has 3 heterocycles. The van der Waals surface area contributed by atoms with Crippen molar-refractivity contribution in [3.8, 4) is 0 Å². The lowest BCUT2D eigenvalue weighted by molar-refractivity contribution is 0.0951. The number of aromatic nitrogens is 4. The molecule has 1 N–H and O–H groups in total. The zero-order valence-electron chi connectivity index (χ0n) is 11.2. The molecule has 0 aliphatic heterocycles. The second kappa shape index (κ2) is 5.79. The van der Waals surface area contributed by atoms with E-state index in [1.54, 1.807) is 22.6 Å². The quantitative estimate of drug-likeness (QED) is 0.801. The Morgan fingerprint density at radius 2 is 2.29 bits per heavy atom. The van der Waals surface area contributed by atoms with Gasteiger partial charge in [0.15, 0.2) is 5.65 Å². The number of carbonyl (C=O) groups is 1. The van der Waals surface area contributed by atoms with Crippen LogP contribution >= 0.6 is 22.9 Å². The molecule has 1 amide bonds. The van der Waals surface area contributed by atoms with E-state index >= 15 is 0 Å². The molecule has 0 radical (unpaired) electrons. The summed E-state index contributed by atoms with van der Waals surface area (Å²) >= 11 is 7.79. The first-order valence-electron chi connectivity index (χ1n) is 6.36. The summed E-state index contributed by atoms with van der Waals surface area (Å²) in [6.07, 6.45) is 4.84. The van der Waals surface area contributed by atoms with Crippen molar-refractivity contribution in [2.24, 2.45) is 0 Å². The van der Waals surface area contributed by atoms with Crippen LogP contribution in [0.5, 0.6) is 0 Å². The van der Waals surface area contributed by atoms with Gasteiger partial charge in [0.25, 0.3) is 5.91 Å². The smallest absolute Gasteiger partial charge is 0.254 e. The van der Waals surface area contributed by atoms with E-state index in [1.807, 2.05) is 6.92 Å². The summed E-state index contributed by atoms with van der Waals surface area (Å²) in [5.74, 6) is -0.257. The van der Waals surface area contributed by atoms with Crippen molar-refractivity contribution in [3.05, 3.63) is 39.6 Å². The van der Waals surface area contributed by atoms with Crippen molar-refractivity contribution in [1.29, 1.82) is 0 Å². The Labute approximate surface area is 129 Å². The van der Waals surface area contributed by atoms with Crippen LogP contribution in [0.1, 0.15) is 22.2 Å². The molecule has 8 heteroatoms. The highest BCUT2D eigenvalue weighted by molar-refractivity contribution is 7.09.